The lowest BCUT2D eigenvalue weighted by atomic mass is 9.76. The zero-order chi connectivity index (χ0) is 17.2. The molecule has 0 unspecified atom stereocenters. The Bertz CT molecular complexity index is 770. The van der Waals surface area contributed by atoms with Crippen molar-refractivity contribution in [2.45, 2.75) is 50.0 Å². The van der Waals surface area contributed by atoms with Gasteiger partial charge in [0.1, 0.15) is 0 Å². The van der Waals surface area contributed by atoms with Crippen molar-refractivity contribution in [3.05, 3.63) is 21.6 Å². The number of nitrogens with zero attached hydrogens (tertiary/aromatic N) is 2. The first-order chi connectivity index (χ1) is 12.1. The minimum atomic E-state index is -0.0912. The standard InChI is InChI=1S/C18H25N5O2.2ClH/c19-17-21-14-11(15(24)22-17)3-4-18(14)5-7-23(8-6-18)16(25)13-10-1-2-12(13)20-9-10;;/h10,12-13,20H,1-9H2,(H3,19,21,22,24);2*1H/t10-,12-,13+;;/m0../s1. The average molecular weight is 416 g/mol. The normalized spacial score (nSPS) is 29.9. The van der Waals surface area contributed by atoms with Crippen LogP contribution in [0.25, 0.3) is 0 Å². The van der Waals surface area contributed by atoms with E-state index in [0.717, 1.165) is 63.0 Å². The first-order valence-corrected chi connectivity index (χ1v) is 9.49. The van der Waals surface area contributed by atoms with Crippen molar-refractivity contribution >= 4 is 36.7 Å². The van der Waals surface area contributed by atoms with Gasteiger partial charge >= 0.3 is 0 Å². The van der Waals surface area contributed by atoms with Gasteiger partial charge < -0.3 is 16.0 Å². The molecule has 1 aromatic heterocycles. The van der Waals surface area contributed by atoms with Crippen LogP contribution in [0, 0.1) is 11.8 Å². The summed E-state index contributed by atoms with van der Waals surface area (Å²) in [7, 11) is 0. The van der Waals surface area contributed by atoms with E-state index >= 15 is 0 Å². The topological polar surface area (TPSA) is 104 Å². The highest BCUT2D eigenvalue weighted by molar-refractivity contribution is 5.85. The second kappa shape index (κ2) is 7.26. The number of nitrogens with two attached hydrogens (primary N) is 1. The second-order valence-electron chi connectivity index (χ2n) is 8.26. The number of rotatable bonds is 1. The van der Waals surface area contributed by atoms with Gasteiger partial charge in [-0.15, -0.1) is 24.8 Å². The van der Waals surface area contributed by atoms with Gasteiger partial charge in [0.25, 0.3) is 5.56 Å². The number of carbonyl (C=O) groups is 1. The number of aromatic amines is 1. The summed E-state index contributed by atoms with van der Waals surface area (Å²) >= 11 is 0. The van der Waals surface area contributed by atoms with E-state index in [-0.39, 0.29) is 47.7 Å². The summed E-state index contributed by atoms with van der Waals surface area (Å²) < 4.78 is 0. The summed E-state index contributed by atoms with van der Waals surface area (Å²) in [5.41, 5.74) is 7.31. The lowest BCUT2D eigenvalue weighted by molar-refractivity contribution is -0.138. The Kier molecular flexibility index (Phi) is 5.49. The van der Waals surface area contributed by atoms with Crippen molar-refractivity contribution in [1.82, 2.24) is 20.2 Å². The van der Waals surface area contributed by atoms with Gasteiger partial charge in [-0.3, -0.25) is 14.6 Å². The molecule has 1 amide bonds. The van der Waals surface area contributed by atoms with Crippen molar-refractivity contribution in [2.75, 3.05) is 25.4 Å². The first-order valence-electron chi connectivity index (χ1n) is 9.49. The number of hydrogen-bond acceptors (Lipinski definition) is 5. The van der Waals surface area contributed by atoms with Gasteiger partial charge in [-0.1, -0.05) is 0 Å². The molecule has 150 valence electrons. The monoisotopic (exact) mass is 415 g/mol. The molecule has 9 heteroatoms. The molecule has 2 aliphatic heterocycles. The Labute approximate surface area is 170 Å². The summed E-state index contributed by atoms with van der Waals surface area (Å²) in [6, 6.07) is 0.389. The van der Waals surface area contributed by atoms with Crippen LogP contribution in [0.3, 0.4) is 0 Å². The van der Waals surface area contributed by atoms with Gasteiger partial charge in [-0.2, -0.15) is 0 Å². The van der Waals surface area contributed by atoms with Crippen molar-refractivity contribution in [2.24, 2.45) is 11.8 Å². The number of H-pyrrole nitrogens is 1. The maximum atomic E-state index is 13.0. The highest BCUT2D eigenvalue weighted by Gasteiger charge is 2.49. The number of likely N-dealkylation sites (tertiary alicyclic amines) is 1. The lowest BCUT2D eigenvalue weighted by Crippen LogP contribution is -2.48. The summed E-state index contributed by atoms with van der Waals surface area (Å²) in [5.74, 6) is 1.25. The summed E-state index contributed by atoms with van der Waals surface area (Å²) in [4.78, 5) is 34.3. The molecular weight excluding hydrogens is 389 g/mol. The van der Waals surface area contributed by atoms with E-state index in [9.17, 15) is 9.59 Å². The number of carbonyl (C=O) groups excluding carboxylic acids is 1. The molecule has 3 fully saturated rings. The van der Waals surface area contributed by atoms with Crippen LogP contribution in [0.5, 0.6) is 0 Å². The number of nitrogen functional groups attached to an aromatic ring is 1. The Balaban J connectivity index is 0.00000105. The Morgan fingerprint density at radius 1 is 1.19 bits per heavy atom. The van der Waals surface area contributed by atoms with Crippen molar-refractivity contribution in [3.8, 4) is 0 Å². The van der Waals surface area contributed by atoms with Crippen LogP contribution >= 0.6 is 24.8 Å². The maximum Gasteiger partial charge on any atom is 0.255 e. The van der Waals surface area contributed by atoms with E-state index in [0.29, 0.717) is 17.9 Å². The highest BCUT2D eigenvalue weighted by Crippen LogP contribution is 2.45. The average Bonchev–Trinajstić information content (AvgIpc) is 3.29. The van der Waals surface area contributed by atoms with Crippen molar-refractivity contribution < 1.29 is 4.79 Å². The van der Waals surface area contributed by atoms with Gasteiger partial charge in [0.05, 0.1) is 11.6 Å². The Morgan fingerprint density at radius 3 is 2.52 bits per heavy atom. The highest BCUT2D eigenvalue weighted by atomic mass is 35.5. The number of nitrogens with one attached hydrogen (secondary N) is 2. The third kappa shape index (κ3) is 3.04. The number of piperidine rings is 2. The smallest absolute Gasteiger partial charge is 0.255 e. The predicted molar refractivity (Wildman–Crippen MR) is 108 cm³/mol. The second-order valence-corrected chi connectivity index (χ2v) is 8.26. The summed E-state index contributed by atoms with van der Waals surface area (Å²) in [5, 5.41) is 3.49. The fourth-order valence-electron chi connectivity index (χ4n) is 5.74. The van der Waals surface area contributed by atoms with E-state index in [2.05, 4.69) is 20.2 Å². The number of fused-ring (bicyclic) bond motifs is 4. The molecule has 2 aliphatic carbocycles. The molecule has 3 heterocycles. The molecule has 3 atom stereocenters. The zero-order valence-electron chi connectivity index (χ0n) is 15.2. The van der Waals surface area contributed by atoms with Crippen molar-refractivity contribution in [1.29, 1.82) is 0 Å². The third-order valence-electron chi connectivity index (χ3n) is 7.14. The Hall–Kier alpha value is -1.31. The van der Waals surface area contributed by atoms with Gasteiger partial charge in [-0.25, -0.2) is 4.98 Å². The van der Waals surface area contributed by atoms with Crippen LogP contribution in [0.1, 0.15) is 43.4 Å². The molecule has 1 saturated carbocycles. The van der Waals surface area contributed by atoms with Gasteiger partial charge in [-0.05, 0) is 51.0 Å². The summed E-state index contributed by atoms with van der Waals surface area (Å²) in [6.07, 6.45) is 5.81. The van der Waals surface area contributed by atoms with Crippen LogP contribution in [-0.4, -0.2) is 46.5 Å². The molecule has 0 aromatic carbocycles. The molecule has 27 heavy (non-hydrogen) atoms. The molecule has 2 bridgehead atoms. The quantitative estimate of drug-likeness (QED) is 0.634. The molecule has 4 aliphatic rings. The van der Waals surface area contributed by atoms with Gasteiger partial charge in [0.2, 0.25) is 11.9 Å². The van der Waals surface area contributed by atoms with Crippen LogP contribution in [0.2, 0.25) is 0 Å². The van der Waals surface area contributed by atoms with Gasteiger partial charge in [0.15, 0.2) is 0 Å². The van der Waals surface area contributed by atoms with Crippen LogP contribution < -0.4 is 16.6 Å². The minimum Gasteiger partial charge on any atom is -0.369 e. The number of hydrogen-bond donors (Lipinski definition) is 3. The zero-order valence-corrected chi connectivity index (χ0v) is 16.8. The number of anilines is 1. The van der Waals surface area contributed by atoms with E-state index in [4.69, 9.17) is 5.73 Å². The van der Waals surface area contributed by atoms with Crippen LogP contribution in [0.4, 0.5) is 5.95 Å². The number of halogens is 2. The lowest BCUT2D eigenvalue weighted by Gasteiger charge is -2.40. The molecule has 4 N–H and O–H groups in total. The number of aromatic nitrogens is 2. The third-order valence-corrected chi connectivity index (χ3v) is 7.14. The number of amides is 1. The SMILES string of the molecule is Cl.Cl.Nc1nc2c(c(=O)[nH]1)CCC21CCN(C(=O)[C@@H]2[C@H]3CC[C@@H]2NC3)CC1. The van der Waals surface area contributed by atoms with E-state index < -0.39 is 0 Å². The van der Waals surface area contributed by atoms with Crippen molar-refractivity contribution in [3.63, 3.8) is 0 Å². The molecule has 2 saturated heterocycles. The molecule has 5 rings (SSSR count). The predicted octanol–water partition coefficient (Wildman–Crippen LogP) is 1.00. The van der Waals surface area contributed by atoms with Gasteiger partial charge in [0, 0.05) is 30.1 Å². The maximum absolute atomic E-state index is 13.0. The van der Waals surface area contributed by atoms with Crippen LogP contribution in [0.15, 0.2) is 4.79 Å². The Morgan fingerprint density at radius 2 is 1.93 bits per heavy atom. The molecule has 1 aromatic rings. The van der Waals surface area contributed by atoms with E-state index in [1.165, 1.54) is 6.42 Å². The fraction of sp³-hybridized carbons (Fsp3) is 0.722. The minimum absolute atomic E-state index is 0. The molecule has 7 nitrogen and oxygen atoms in total. The largest absolute Gasteiger partial charge is 0.369 e. The first kappa shape index (κ1) is 20.4. The van der Waals surface area contributed by atoms with E-state index in [1.807, 2.05) is 0 Å². The molecule has 1 spiro atoms. The molecule has 0 radical (unpaired) electrons. The van der Waals surface area contributed by atoms with E-state index in [1.54, 1.807) is 0 Å². The summed E-state index contributed by atoms with van der Waals surface area (Å²) in [6.45, 7) is 2.53. The fourth-order valence-corrected chi connectivity index (χ4v) is 5.74. The van der Waals surface area contributed by atoms with Crippen LogP contribution in [-0.2, 0) is 16.6 Å². The molecular formula is C18H27Cl2N5O2.